The zero-order valence-electron chi connectivity index (χ0n) is 9.18. The van der Waals surface area contributed by atoms with E-state index in [4.69, 9.17) is 0 Å². The van der Waals surface area contributed by atoms with Gasteiger partial charge in [-0.15, -0.1) is 5.10 Å². The minimum atomic E-state index is 0.466. The molecule has 0 amide bonds. The molecule has 2 heterocycles. The largest absolute Gasteiger partial charge is 0.308 e. The van der Waals surface area contributed by atoms with Crippen molar-refractivity contribution in [2.24, 2.45) is 0 Å². The van der Waals surface area contributed by atoms with Gasteiger partial charge in [0, 0.05) is 11.8 Å². The van der Waals surface area contributed by atoms with Crippen LogP contribution >= 0.6 is 11.8 Å². The number of hydrogen-bond donors (Lipinski definition) is 1. The predicted molar refractivity (Wildman–Crippen MR) is 60.8 cm³/mol. The number of thioether (sulfide) groups is 1. The number of rotatable bonds is 4. The highest BCUT2D eigenvalue weighted by molar-refractivity contribution is 7.99. The van der Waals surface area contributed by atoms with Crippen LogP contribution in [0.3, 0.4) is 0 Å². The Labute approximate surface area is 94.0 Å². The Kier molecular flexibility index (Phi) is 3.58. The van der Waals surface area contributed by atoms with Crippen LogP contribution in [0.25, 0.3) is 0 Å². The minimum absolute atomic E-state index is 0.466. The van der Waals surface area contributed by atoms with Gasteiger partial charge in [0.1, 0.15) is 0 Å². The molecule has 0 bridgehead atoms. The van der Waals surface area contributed by atoms with Gasteiger partial charge in [0.25, 0.3) is 0 Å². The molecule has 15 heavy (non-hydrogen) atoms. The molecule has 1 saturated heterocycles. The van der Waals surface area contributed by atoms with Crippen molar-refractivity contribution in [3.05, 3.63) is 5.82 Å². The van der Waals surface area contributed by atoms with Gasteiger partial charge in [-0.3, -0.25) is 0 Å². The molecule has 0 radical (unpaired) electrons. The Morgan fingerprint density at radius 1 is 1.60 bits per heavy atom. The predicted octanol–water partition coefficient (Wildman–Crippen LogP) is 0.849. The topological polar surface area (TPSA) is 55.6 Å². The molecule has 1 aliphatic rings. The molecule has 1 N–H and O–H groups in total. The fraction of sp³-hybridized carbons (Fsp3) is 0.889. The fourth-order valence-corrected chi connectivity index (χ4v) is 2.81. The van der Waals surface area contributed by atoms with Crippen LogP contribution in [-0.2, 0) is 6.54 Å². The molecule has 1 fully saturated rings. The van der Waals surface area contributed by atoms with Crippen molar-refractivity contribution in [3.63, 3.8) is 0 Å². The van der Waals surface area contributed by atoms with Gasteiger partial charge in [-0.2, -0.15) is 11.8 Å². The maximum absolute atomic E-state index is 4.08. The van der Waals surface area contributed by atoms with Gasteiger partial charge in [-0.05, 0) is 22.6 Å². The average Bonchev–Trinajstić information content (AvgIpc) is 2.85. The van der Waals surface area contributed by atoms with Crippen molar-refractivity contribution in [1.82, 2.24) is 25.5 Å². The second kappa shape index (κ2) is 4.94. The SMILES string of the molecule is CC(C)NCc1nnnn1C1CCSC1. The number of tetrazole rings is 1. The molecule has 1 unspecified atom stereocenters. The second-order valence-electron chi connectivity index (χ2n) is 4.09. The summed E-state index contributed by atoms with van der Waals surface area (Å²) >= 11 is 1.98. The smallest absolute Gasteiger partial charge is 0.165 e. The summed E-state index contributed by atoms with van der Waals surface area (Å²) in [6.45, 7) is 5.00. The summed E-state index contributed by atoms with van der Waals surface area (Å²) in [5.41, 5.74) is 0. The molecule has 1 atom stereocenters. The Morgan fingerprint density at radius 2 is 2.47 bits per heavy atom. The molecule has 0 aliphatic carbocycles. The summed E-state index contributed by atoms with van der Waals surface area (Å²) in [4.78, 5) is 0. The lowest BCUT2D eigenvalue weighted by Gasteiger charge is -2.12. The fourth-order valence-electron chi connectivity index (χ4n) is 1.62. The normalized spacial score (nSPS) is 21.4. The maximum Gasteiger partial charge on any atom is 0.165 e. The van der Waals surface area contributed by atoms with Crippen molar-refractivity contribution in [2.45, 2.75) is 38.9 Å². The van der Waals surface area contributed by atoms with Crippen molar-refractivity contribution >= 4 is 11.8 Å². The molecule has 84 valence electrons. The summed E-state index contributed by atoms with van der Waals surface area (Å²) in [5.74, 6) is 3.32. The van der Waals surface area contributed by atoms with E-state index in [-0.39, 0.29) is 0 Å². The summed E-state index contributed by atoms with van der Waals surface area (Å²) in [6, 6.07) is 0.960. The quantitative estimate of drug-likeness (QED) is 0.826. The van der Waals surface area contributed by atoms with Gasteiger partial charge in [0.05, 0.1) is 12.6 Å². The summed E-state index contributed by atoms with van der Waals surface area (Å²) in [7, 11) is 0. The molecule has 2 rings (SSSR count). The van der Waals surface area contributed by atoms with Crippen LogP contribution in [0.1, 0.15) is 32.1 Å². The van der Waals surface area contributed by atoms with Gasteiger partial charge in [-0.1, -0.05) is 13.8 Å². The van der Waals surface area contributed by atoms with E-state index in [9.17, 15) is 0 Å². The lowest BCUT2D eigenvalue weighted by atomic mass is 10.2. The summed E-state index contributed by atoms with van der Waals surface area (Å²) in [6.07, 6.45) is 1.18. The van der Waals surface area contributed by atoms with E-state index in [0.29, 0.717) is 12.1 Å². The first-order chi connectivity index (χ1) is 7.27. The third-order valence-corrected chi connectivity index (χ3v) is 3.63. The number of nitrogens with zero attached hydrogens (tertiary/aromatic N) is 4. The third-order valence-electron chi connectivity index (χ3n) is 2.48. The van der Waals surface area contributed by atoms with Gasteiger partial charge in [-0.25, -0.2) is 4.68 Å². The van der Waals surface area contributed by atoms with Crippen LogP contribution in [0.5, 0.6) is 0 Å². The lowest BCUT2D eigenvalue weighted by molar-refractivity contribution is 0.451. The van der Waals surface area contributed by atoms with Gasteiger partial charge >= 0.3 is 0 Å². The summed E-state index contributed by atoms with van der Waals surface area (Å²) < 4.78 is 1.98. The molecule has 0 aromatic carbocycles. The summed E-state index contributed by atoms with van der Waals surface area (Å²) in [5, 5.41) is 15.2. The van der Waals surface area contributed by atoms with E-state index >= 15 is 0 Å². The highest BCUT2D eigenvalue weighted by atomic mass is 32.2. The number of nitrogens with one attached hydrogen (secondary N) is 1. The number of hydrogen-bond acceptors (Lipinski definition) is 5. The van der Waals surface area contributed by atoms with E-state index in [1.807, 2.05) is 16.4 Å². The molecule has 1 aliphatic heterocycles. The molecule has 1 aromatic heterocycles. The van der Waals surface area contributed by atoms with Crippen molar-refractivity contribution in [1.29, 1.82) is 0 Å². The monoisotopic (exact) mass is 227 g/mol. The Bertz CT molecular complexity index is 305. The Morgan fingerprint density at radius 3 is 3.13 bits per heavy atom. The number of aromatic nitrogens is 4. The molecular formula is C9H17N5S. The van der Waals surface area contributed by atoms with Crippen molar-refractivity contribution < 1.29 is 0 Å². The first kappa shape index (κ1) is 10.9. The third kappa shape index (κ3) is 2.69. The standard InChI is InChI=1S/C9H17N5S/c1-7(2)10-5-9-11-12-13-14(9)8-3-4-15-6-8/h7-8,10H,3-6H2,1-2H3. The van der Waals surface area contributed by atoms with Crippen molar-refractivity contribution in [3.8, 4) is 0 Å². The van der Waals surface area contributed by atoms with Crippen LogP contribution < -0.4 is 5.32 Å². The molecule has 6 heteroatoms. The highest BCUT2D eigenvalue weighted by Crippen LogP contribution is 2.27. The molecule has 1 aromatic rings. The van der Waals surface area contributed by atoms with Crippen LogP contribution in [-0.4, -0.2) is 37.8 Å². The van der Waals surface area contributed by atoms with Crippen LogP contribution in [0.2, 0.25) is 0 Å². The Balaban J connectivity index is 2.01. The molecular weight excluding hydrogens is 210 g/mol. The molecule has 5 nitrogen and oxygen atoms in total. The molecule has 0 saturated carbocycles. The van der Waals surface area contributed by atoms with E-state index in [1.54, 1.807) is 0 Å². The zero-order chi connectivity index (χ0) is 10.7. The van der Waals surface area contributed by atoms with Gasteiger partial charge in [0.2, 0.25) is 0 Å². The van der Waals surface area contributed by atoms with Gasteiger partial charge < -0.3 is 5.32 Å². The zero-order valence-corrected chi connectivity index (χ0v) is 10.00. The van der Waals surface area contributed by atoms with Crippen molar-refractivity contribution in [2.75, 3.05) is 11.5 Å². The van der Waals surface area contributed by atoms with E-state index in [0.717, 1.165) is 18.1 Å². The van der Waals surface area contributed by atoms with Crippen LogP contribution in [0.4, 0.5) is 0 Å². The minimum Gasteiger partial charge on any atom is -0.308 e. The molecule has 0 spiro atoms. The highest BCUT2D eigenvalue weighted by Gasteiger charge is 2.21. The lowest BCUT2D eigenvalue weighted by Crippen LogP contribution is -2.25. The van der Waals surface area contributed by atoms with E-state index in [2.05, 4.69) is 34.7 Å². The maximum atomic E-state index is 4.08. The van der Waals surface area contributed by atoms with Crippen LogP contribution in [0.15, 0.2) is 0 Å². The first-order valence-corrected chi connectivity index (χ1v) is 6.50. The van der Waals surface area contributed by atoms with E-state index in [1.165, 1.54) is 12.2 Å². The first-order valence-electron chi connectivity index (χ1n) is 5.35. The average molecular weight is 227 g/mol. The Hall–Kier alpha value is -0.620. The van der Waals surface area contributed by atoms with Crippen LogP contribution in [0, 0.1) is 0 Å². The van der Waals surface area contributed by atoms with Gasteiger partial charge in [0.15, 0.2) is 5.82 Å². The second-order valence-corrected chi connectivity index (χ2v) is 5.24. The van der Waals surface area contributed by atoms with E-state index < -0.39 is 0 Å².